The molecule has 6 nitrogen and oxygen atoms in total. The minimum atomic E-state index is -4.47. The number of anilines is 2. The lowest BCUT2D eigenvalue weighted by atomic mass is 10.3. The van der Waals surface area contributed by atoms with E-state index in [1.807, 2.05) is 4.90 Å². The van der Waals surface area contributed by atoms with Gasteiger partial charge in [-0.25, -0.2) is 4.98 Å². The van der Waals surface area contributed by atoms with E-state index in [0.29, 0.717) is 37.8 Å². The molecule has 1 saturated heterocycles. The monoisotopic (exact) mass is 333 g/mol. The number of carbonyl (C=O) groups is 1. The summed E-state index contributed by atoms with van der Waals surface area (Å²) >= 11 is 0. The summed E-state index contributed by atoms with van der Waals surface area (Å²) in [4.78, 5) is 18.2. The fraction of sp³-hybridized carbons (Fsp3) is 0.571. The standard InChI is InChI=1S/C14H18F3N3O3/c1-10(23-9-14(15,16)17)13(21)19-11-3-2-4-18-12(11)20-5-7-22-8-6-20/h2-4,10H,5-9H2,1H3,(H,19,21)/t10-/m0/s1. The Hall–Kier alpha value is -1.87. The number of aromatic nitrogens is 1. The van der Waals surface area contributed by atoms with Crippen molar-refractivity contribution in [3.63, 3.8) is 0 Å². The molecule has 23 heavy (non-hydrogen) atoms. The van der Waals surface area contributed by atoms with Crippen molar-refractivity contribution in [3.8, 4) is 0 Å². The maximum atomic E-state index is 12.1. The Bertz CT molecular complexity index is 533. The van der Waals surface area contributed by atoms with Gasteiger partial charge in [0.25, 0.3) is 5.91 Å². The average molecular weight is 333 g/mol. The number of hydrogen-bond acceptors (Lipinski definition) is 5. The maximum Gasteiger partial charge on any atom is 0.411 e. The largest absolute Gasteiger partial charge is 0.411 e. The third kappa shape index (κ3) is 5.36. The number of rotatable bonds is 5. The lowest BCUT2D eigenvalue weighted by Crippen LogP contribution is -2.38. The summed E-state index contributed by atoms with van der Waals surface area (Å²) in [6.45, 7) is 2.15. The third-order valence-electron chi connectivity index (χ3n) is 3.22. The Morgan fingerprint density at radius 3 is 2.83 bits per heavy atom. The normalized spacial score (nSPS) is 17.0. The van der Waals surface area contributed by atoms with Gasteiger partial charge in [0.2, 0.25) is 0 Å². The van der Waals surface area contributed by atoms with Gasteiger partial charge in [-0.1, -0.05) is 0 Å². The Balaban J connectivity index is 2.00. The first-order valence-electron chi connectivity index (χ1n) is 7.14. The molecule has 1 amide bonds. The van der Waals surface area contributed by atoms with Gasteiger partial charge < -0.3 is 19.7 Å². The summed E-state index contributed by atoms with van der Waals surface area (Å²) in [5.74, 6) is -0.0936. The van der Waals surface area contributed by atoms with Crippen molar-refractivity contribution in [2.45, 2.75) is 19.2 Å². The van der Waals surface area contributed by atoms with Crippen LogP contribution in [0.4, 0.5) is 24.7 Å². The number of halogens is 3. The second kappa shape index (κ2) is 7.60. The number of ether oxygens (including phenoxy) is 2. The van der Waals surface area contributed by atoms with E-state index in [9.17, 15) is 18.0 Å². The van der Waals surface area contributed by atoms with E-state index in [4.69, 9.17) is 4.74 Å². The molecule has 1 atom stereocenters. The molecule has 1 N–H and O–H groups in total. The summed E-state index contributed by atoms with van der Waals surface area (Å²) in [6, 6.07) is 3.28. The molecule has 0 unspecified atom stereocenters. The Kier molecular flexibility index (Phi) is 5.78. The molecule has 0 radical (unpaired) electrons. The van der Waals surface area contributed by atoms with Crippen molar-refractivity contribution in [2.75, 3.05) is 43.1 Å². The summed E-state index contributed by atoms with van der Waals surface area (Å²) in [6.07, 6.45) is -4.11. The van der Waals surface area contributed by atoms with Gasteiger partial charge >= 0.3 is 6.18 Å². The van der Waals surface area contributed by atoms with Crippen LogP contribution in [-0.2, 0) is 14.3 Å². The highest BCUT2D eigenvalue weighted by atomic mass is 19.4. The number of carbonyl (C=O) groups excluding carboxylic acids is 1. The first-order chi connectivity index (χ1) is 10.9. The van der Waals surface area contributed by atoms with Crippen LogP contribution in [0.25, 0.3) is 0 Å². The molecule has 1 aliphatic rings. The van der Waals surface area contributed by atoms with Crippen LogP contribution < -0.4 is 10.2 Å². The van der Waals surface area contributed by atoms with Gasteiger partial charge in [0, 0.05) is 19.3 Å². The number of nitrogens with one attached hydrogen (secondary N) is 1. The third-order valence-corrected chi connectivity index (χ3v) is 3.22. The number of hydrogen-bond donors (Lipinski definition) is 1. The minimum absolute atomic E-state index is 0.432. The molecule has 128 valence electrons. The highest BCUT2D eigenvalue weighted by Crippen LogP contribution is 2.24. The van der Waals surface area contributed by atoms with Crippen LogP contribution in [-0.4, -0.2) is 56.1 Å². The van der Waals surface area contributed by atoms with E-state index in [0.717, 1.165) is 0 Å². The number of alkyl halides is 3. The zero-order chi connectivity index (χ0) is 16.9. The van der Waals surface area contributed by atoms with Gasteiger partial charge in [-0.15, -0.1) is 0 Å². The molecule has 0 bridgehead atoms. The minimum Gasteiger partial charge on any atom is -0.378 e. The smallest absolute Gasteiger partial charge is 0.378 e. The molecule has 2 heterocycles. The fourth-order valence-corrected chi connectivity index (χ4v) is 2.05. The first-order valence-corrected chi connectivity index (χ1v) is 7.14. The maximum absolute atomic E-state index is 12.1. The SMILES string of the molecule is C[C@H](OCC(F)(F)F)C(=O)Nc1cccnc1N1CCOCC1. The molecule has 2 rings (SSSR count). The zero-order valence-corrected chi connectivity index (χ0v) is 12.6. The van der Waals surface area contributed by atoms with Gasteiger partial charge in [-0.2, -0.15) is 13.2 Å². The van der Waals surface area contributed by atoms with Crippen LogP contribution >= 0.6 is 0 Å². The number of amides is 1. The molecule has 9 heteroatoms. The number of nitrogens with zero attached hydrogens (tertiary/aromatic N) is 2. The number of morpholine rings is 1. The van der Waals surface area contributed by atoms with Gasteiger partial charge in [0.05, 0.1) is 18.9 Å². The molecule has 1 aromatic heterocycles. The zero-order valence-electron chi connectivity index (χ0n) is 12.6. The van der Waals surface area contributed by atoms with E-state index >= 15 is 0 Å². The van der Waals surface area contributed by atoms with Crippen molar-refractivity contribution >= 4 is 17.4 Å². The average Bonchev–Trinajstić information content (AvgIpc) is 2.53. The van der Waals surface area contributed by atoms with Gasteiger partial charge in [-0.05, 0) is 19.1 Å². The Labute approximate surface area is 131 Å². The number of pyridine rings is 1. The van der Waals surface area contributed by atoms with E-state index < -0.39 is 24.8 Å². The Morgan fingerprint density at radius 1 is 1.48 bits per heavy atom. The van der Waals surface area contributed by atoms with E-state index in [2.05, 4.69) is 15.0 Å². The van der Waals surface area contributed by atoms with Crippen molar-refractivity contribution in [1.29, 1.82) is 0 Å². The van der Waals surface area contributed by atoms with Crippen LogP contribution in [0.15, 0.2) is 18.3 Å². The van der Waals surface area contributed by atoms with Crippen LogP contribution in [0, 0.1) is 0 Å². The highest BCUT2D eigenvalue weighted by molar-refractivity contribution is 5.96. The summed E-state index contributed by atoms with van der Waals surface area (Å²) in [5, 5.41) is 2.57. The van der Waals surface area contributed by atoms with Gasteiger partial charge in [-0.3, -0.25) is 4.79 Å². The van der Waals surface area contributed by atoms with Crippen molar-refractivity contribution < 1.29 is 27.4 Å². The molecular weight excluding hydrogens is 315 g/mol. The lowest BCUT2D eigenvalue weighted by Gasteiger charge is -2.29. The highest BCUT2D eigenvalue weighted by Gasteiger charge is 2.30. The Morgan fingerprint density at radius 2 is 2.17 bits per heavy atom. The van der Waals surface area contributed by atoms with Crippen molar-refractivity contribution in [1.82, 2.24) is 4.98 Å². The quantitative estimate of drug-likeness (QED) is 0.891. The molecule has 0 spiro atoms. The summed E-state index contributed by atoms with van der Waals surface area (Å²) in [5.41, 5.74) is 0.432. The predicted molar refractivity (Wildman–Crippen MR) is 77.4 cm³/mol. The van der Waals surface area contributed by atoms with Crippen LogP contribution in [0.5, 0.6) is 0 Å². The molecular formula is C14H18F3N3O3. The van der Waals surface area contributed by atoms with Crippen LogP contribution in [0.3, 0.4) is 0 Å². The molecule has 0 aliphatic carbocycles. The van der Waals surface area contributed by atoms with Crippen LogP contribution in [0.1, 0.15) is 6.92 Å². The molecule has 0 aromatic carbocycles. The summed E-state index contributed by atoms with van der Waals surface area (Å²) in [7, 11) is 0. The predicted octanol–water partition coefficient (Wildman–Crippen LogP) is 1.82. The van der Waals surface area contributed by atoms with Gasteiger partial charge in [0.1, 0.15) is 12.7 Å². The van der Waals surface area contributed by atoms with E-state index in [-0.39, 0.29) is 0 Å². The van der Waals surface area contributed by atoms with Crippen LogP contribution in [0.2, 0.25) is 0 Å². The second-order valence-electron chi connectivity index (χ2n) is 5.03. The van der Waals surface area contributed by atoms with Crippen molar-refractivity contribution in [2.24, 2.45) is 0 Å². The van der Waals surface area contributed by atoms with Crippen molar-refractivity contribution in [3.05, 3.63) is 18.3 Å². The fourth-order valence-electron chi connectivity index (χ4n) is 2.05. The molecule has 1 fully saturated rings. The molecule has 1 aliphatic heterocycles. The van der Waals surface area contributed by atoms with E-state index in [1.165, 1.54) is 6.92 Å². The van der Waals surface area contributed by atoms with E-state index in [1.54, 1.807) is 18.3 Å². The molecule has 0 saturated carbocycles. The molecule has 1 aromatic rings. The lowest BCUT2D eigenvalue weighted by molar-refractivity contribution is -0.184. The second-order valence-corrected chi connectivity index (χ2v) is 5.03. The topological polar surface area (TPSA) is 63.7 Å². The van der Waals surface area contributed by atoms with Gasteiger partial charge in [0.15, 0.2) is 5.82 Å². The first kappa shape index (κ1) is 17.5. The summed E-state index contributed by atoms with van der Waals surface area (Å²) < 4.78 is 46.2.